The molecule has 2 amide bonds. The Bertz CT molecular complexity index is 829. The zero-order valence-electron chi connectivity index (χ0n) is 14.5. The highest BCUT2D eigenvalue weighted by molar-refractivity contribution is 5.94. The van der Waals surface area contributed by atoms with Gasteiger partial charge in [0.25, 0.3) is 5.91 Å². The molecule has 0 saturated heterocycles. The first-order valence-electron chi connectivity index (χ1n) is 8.49. The number of nitrogens with zero attached hydrogens (tertiary/aromatic N) is 1. The minimum absolute atomic E-state index is 0.0129. The van der Waals surface area contributed by atoms with E-state index in [2.05, 4.69) is 15.6 Å². The fourth-order valence-corrected chi connectivity index (χ4v) is 2.50. The number of hydrogen-bond donors (Lipinski definition) is 2. The van der Waals surface area contributed by atoms with Crippen molar-refractivity contribution in [1.82, 2.24) is 10.3 Å². The molecule has 2 N–H and O–H groups in total. The van der Waals surface area contributed by atoms with Crippen LogP contribution in [0.25, 0.3) is 0 Å². The van der Waals surface area contributed by atoms with Crippen molar-refractivity contribution in [2.45, 2.75) is 32.0 Å². The van der Waals surface area contributed by atoms with Gasteiger partial charge in [0.05, 0.1) is 11.6 Å². The lowest BCUT2D eigenvalue weighted by atomic mass is 10.1. The highest BCUT2D eigenvalue weighted by Crippen LogP contribution is 2.30. The highest BCUT2D eigenvalue weighted by atomic mass is 19.4. The molecule has 1 aromatic heterocycles. The molecule has 1 aliphatic rings. The summed E-state index contributed by atoms with van der Waals surface area (Å²) in [6.07, 6.45) is -1.79. The van der Waals surface area contributed by atoms with Crippen molar-refractivity contribution in [3.8, 4) is 0 Å². The second-order valence-corrected chi connectivity index (χ2v) is 6.51. The Balaban J connectivity index is 1.59. The summed E-state index contributed by atoms with van der Waals surface area (Å²) in [5.41, 5.74) is 0.479. The summed E-state index contributed by atoms with van der Waals surface area (Å²) < 4.78 is 37.6. The van der Waals surface area contributed by atoms with Crippen molar-refractivity contribution >= 4 is 17.5 Å². The van der Waals surface area contributed by atoms with Crippen molar-refractivity contribution in [3.05, 3.63) is 59.4 Å². The van der Waals surface area contributed by atoms with Crippen LogP contribution in [0, 0.1) is 5.92 Å². The lowest BCUT2D eigenvalue weighted by Crippen LogP contribution is -2.27. The fourth-order valence-electron chi connectivity index (χ4n) is 2.50. The molecule has 1 heterocycles. The standard InChI is InChI=1S/C19H18F3N3O2/c1-11(12-4-7-15(8-5-12)25-17(26)13-2-3-13)24-18(27)14-6-9-16(23-10-14)19(20,21)22/h4-11,13H,2-3H2,1H3,(H,24,27)(H,25,26). The first-order valence-corrected chi connectivity index (χ1v) is 8.49. The molecule has 1 aromatic carbocycles. The van der Waals surface area contributed by atoms with E-state index >= 15 is 0 Å². The second kappa shape index (κ2) is 7.38. The minimum Gasteiger partial charge on any atom is -0.345 e. The molecule has 8 heteroatoms. The van der Waals surface area contributed by atoms with Crippen LogP contribution in [0.15, 0.2) is 42.6 Å². The maximum absolute atomic E-state index is 12.5. The summed E-state index contributed by atoms with van der Waals surface area (Å²) in [4.78, 5) is 27.2. The first-order chi connectivity index (χ1) is 12.7. The second-order valence-electron chi connectivity index (χ2n) is 6.51. The zero-order valence-corrected chi connectivity index (χ0v) is 14.5. The van der Waals surface area contributed by atoms with Gasteiger partial charge in [0.15, 0.2) is 0 Å². The predicted octanol–water partition coefficient (Wildman–Crippen LogP) is 3.94. The quantitative estimate of drug-likeness (QED) is 0.829. The number of alkyl halides is 3. The van der Waals surface area contributed by atoms with Crippen molar-refractivity contribution in [1.29, 1.82) is 0 Å². The van der Waals surface area contributed by atoms with Gasteiger partial charge in [-0.15, -0.1) is 0 Å². The molecule has 1 saturated carbocycles. The molecule has 0 spiro atoms. The van der Waals surface area contributed by atoms with Crippen molar-refractivity contribution in [2.75, 3.05) is 5.32 Å². The van der Waals surface area contributed by atoms with Crippen LogP contribution in [0.3, 0.4) is 0 Å². The van der Waals surface area contributed by atoms with E-state index in [4.69, 9.17) is 0 Å². The Hall–Kier alpha value is -2.90. The normalized spacial score (nSPS) is 15.1. The molecule has 27 heavy (non-hydrogen) atoms. The minimum atomic E-state index is -4.54. The number of anilines is 1. The maximum Gasteiger partial charge on any atom is 0.433 e. The van der Waals surface area contributed by atoms with Gasteiger partial charge in [0, 0.05) is 17.8 Å². The Labute approximate surface area is 154 Å². The molecule has 1 fully saturated rings. The van der Waals surface area contributed by atoms with Gasteiger partial charge in [-0.05, 0) is 49.6 Å². The number of pyridine rings is 1. The Morgan fingerprint density at radius 3 is 2.30 bits per heavy atom. The SMILES string of the molecule is CC(NC(=O)c1ccc(C(F)(F)F)nc1)c1ccc(NC(=O)C2CC2)cc1. The van der Waals surface area contributed by atoms with Gasteiger partial charge in [-0.2, -0.15) is 13.2 Å². The number of carbonyl (C=O) groups is 2. The van der Waals surface area contributed by atoms with Gasteiger partial charge in [0.2, 0.25) is 5.91 Å². The first kappa shape index (κ1) is 18.9. The van der Waals surface area contributed by atoms with Gasteiger partial charge in [-0.1, -0.05) is 12.1 Å². The Morgan fingerprint density at radius 2 is 1.78 bits per heavy atom. The lowest BCUT2D eigenvalue weighted by Gasteiger charge is -2.15. The molecule has 1 aliphatic carbocycles. The summed E-state index contributed by atoms with van der Waals surface area (Å²) >= 11 is 0. The number of hydrogen-bond acceptors (Lipinski definition) is 3. The highest BCUT2D eigenvalue weighted by Gasteiger charge is 2.32. The molecule has 1 unspecified atom stereocenters. The van der Waals surface area contributed by atoms with Crippen LogP contribution in [0.5, 0.6) is 0 Å². The van der Waals surface area contributed by atoms with E-state index in [1.54, 1.807) is 31.2 Å². The third-order valence-electron chi connectivity index (χ3n) is 4.29. The molecule has 0 radical (unpaired) electrons. The van der Waals surface area contributed by atoms with E-state index < -0.39 is 17.8 Å². The van der Waals surface area contributed by atoms with Crippen molar-refractivity contribution in [2.24, 2.45) is 5.92 Å². The van der Waals surface area contributed by atoms with Crippen LogP contribution in [0.2, 0.25) is 0 Å². The Morgan fingerprint density at radius 1 is 1.11 bits per heavy atom. The molecule has 5 nitrogen and oxygen atoms in total. The number of benzene rings is 1. The third-order valence-corrected chi connectivity index (χ3v) is 4.29. The van der Waals surface area contributed by atoms with Crippen LogP contribution in [0.1, 0.15) is 47.4 Å². The lowest BCUT2D eigenvalue weighted by molar-refractivity contribution is -0.141. The fraction of sp³-hybridized carbons (Fsp3) is 0.316. The molecular weight excluding hydrogens is 359 g/mol. The van der Waals surface area contributed by atoms with Gasteiger partial charge in [0.1, 0.15) is 5.69 Å². The van der Waals surface area contributed by atoms with E-state index in [9.17, 15) is 22.8 Å². The molecule has 2 aromatic rings. The van der Waals surface area contributed by atoms with Gasteiger partial charge < -0.3 is 10.6 Å². The van der Waals surface area contributed by atoms with Crippen LogP contribution in [0.4, 0.5) is 18.9 Å². The van der Waals surface area contributed by atoms with E-state index in [-0.39, 0.29) is 23.4 Å². The average molecular weight is 377 g/mol. The van der Waals surface area contributed by atoms with Gasteiger partial charge in [-0.25, -0.2) is 0 Å². The molecule has 0 aliphatic heterocycles. The van der Waals surface area contributed by atoms with Gasteiger partial charge >= 0.3 is 6.18 Å². The van der Waals surface area contributed by atoms with Crippen LogP contribution < -0.4 is 10.6 Å². The van der Waals surface area contributed by atoms with Crippen LogP contribution in [-0.4, -0.2) is 16.8 Å². The average Bonchev–Trinajstić information content (AvgIpc) is 3.47. The summed E-state index contributed by atoms with van der Waals surface area (Å²) in [5, 5.41) is 5.54. The maximum atomic E-state index is 12.5. The molecular formula is C19H18F3N3O2. The van der Waals surface area contributed by atoms with Crippen molar-refractivity contribution in [3.63, 3.8) is 0 Å². The van der Waals surface area contributed by atoms with E-state index in [1.165, 1.54) is 0 Å². The summed E-state index contributed by atoms with van der Waals surface area (Å²) in [6, 6.07) is 8.55. The monoisotopic (exact) mass is 377 g/mol. The number of rotatable bonds is 5. The molecule has 0 bridgehead atoms. The zero-order chi connectivity index (χ0) is 19.6. The number of nitrogens with one attached hydrogen (secondary N) is 2. The number of carbonyl (C=O) groups excluding carboxylic acids is 2. The van der Waals surface area contributed by atoms with E-state index in [0.29, 0.717) is 5.69 Å². The van der Waals surface area contributed by atoms with Gasteiger partial charge in [-0.3, -0.25) is 14.6 Å². The molecule has 3 rings (SSSR count). The summed E-state index contributed by atoms with van der Waals surface area (Å²) in [5.74, 6) is -0.394. The van der Waals surface area contributed by atoms with E-state index in [1.807, 2.05) is 0 Å². The number of amides is 2. The van der Waals surface area contributed by atoms with Crippen LogP contribution in [-0.2, 0) is 11.0 Å². The smallest absolute Gasteiger partial charge is 0.345 e. The van der Waals surface area contributed by atoms with Crippen molar-refractivity contribution < 1.29 is 22.8 Å². The number of halogens is 3. The topological polar surface area (TPSA) is 71.1 Å². The number of aromatic nitrogens is 1. The molecule has 1 atom stereocenters. The summed E-state index contributed by atoms with van der Waals surface area (Å²) in [6.45, 7) is 1.76. The third kappa shape index (κ3) is 4.84. The predicted molar refractivity (Wildman–Crippen MR) is 92.9 cm³/mol. The molecule has 142 valence electrons. The largest absolute Gasteiger partial charge is 0.433 e. The summed E-state index contributed by atoms with van der Waals surface area (Å²) in [7, 11) is 0. The van der Waals surface area contributed by atoms with E-state index in [0.717, 1.165) is 36.7 Å². The Kier molecular flexibility index (Phi) is 5.16. The van der Waals surface area contributed by atoms with Crippen LogP contribution >= 0.6 is 0 Å².